The summed E-state index contributed by atoms with van der Waals surface area (Å²) in [4.78, 5) is 11.7. The fourth-order valence-electron chi connectivity index (χ4n) is 1.20. The third-order valence-electron chi connectivity index (χ3n) is 1.82. The van der Waals surface area contributed by atoms with E-state index in [0.717, 1.165) is 4.88 Å². The Morgan fingerprint density at radius 1 is 1.64 bits per heavy atom. The minimum atomic E-state index is -1.01. The zero-order valence-electron chi connectivity index (χ0n) is 7.35. The van der Waals surface area contributed by atoms with Crippen LogP contribution in [-0.4, -0.2) is 16.2 Å². The van der Waals surface area contributed by atoms with Gasteiger partial charge in [0.2, 0.25) is 0 Å². The molecule has 0 aliphatic carbocycles. The molecule has 0 saturated carbocycles. The number of carboxylic acid groups (broad SMARTS) is 1. The maximum absolute atomic E-state index is 10.9. The van der Waals surface area contributed by atoms with Gasteiger partial charge in [-0.15, -0.1) is 11.3 Å². The van der Waals surface area contributed by atoms with Crippen LogP contribution in [0.25, 0.3) is 10.6 Å². The number of carboxylic acids is 1. The maximum Gasteiger partial charge on any atom is 0.341 e. The van der Waals surface area contributed by atoms with Gasteiger partial charge >= 0.3 is 5.97 Å². The van der Waals surface area contributed by atoms with E-state index in [4.69, 9.17) is 9.63 Å². The predicted molar refractivity (Wildman–Crippen MR) is 51.5 cm³/mol. The van der Waals surface area contributed by atoms with Crippen molar-refractivity contribution in [1.82, 2.24) is 5.16 Å². The van der Waals surface area contributed by atoms with Crippen LogP contribution < -0.4 is 0 Å². The van der Waals surface area contributed by atoms with Crippen molar-refractivity contribution < 1.29 is 14.4 Å². The molecular formula is C9H7NO3S. The van der Waals surface area contributed by atoms with E-state index in [1.165, 1.54) is 11.3 Å². The van der Waals surface area contributed by atoms with Gasteiger partial charge in [0.05, 0.1) is 10.6 Å². The van der Waals surface area contributed by atoms with Gasteiger partial charge in [-0.3, -0.25) is 0 Å². The maximum atomic E-state index is 10.9. The molecule has 0 unspecified atom stereocenters. The van der Waals surface area contributed by atoms with Gasteiger partial charge in [0.1, 0.15) is 5.56 Å². The summed E-state index contributed by atoms with van der Waals surface area (Å²) in [6.07, 6.45) is 0. The molecule has 0 atom stereocenters. The molecule has 0 aromatic carbocycles. The van der Waals surface area contributed by atoms with E-state index in [1.807, 2.05) is 11.4 Å². The molecule has 0 bridgehead atoms. The molecule has 14 heavy (non-hydrogen) atoms. The Labute approximate surface area is 83.8 Å². The first-order valence-corrected chi connectivity index (χ1v) is 4.81. The van der Waals surface area contributed by atoms with Crippen LogP contribution in [0.3, 0.4) is 0 Å². The van der Waals surface area contributed by atoms with Gasteiger partial charge in [-0.25, -0.2) is 4.79 Å². The van der Waals surface area contributed by atoms with Gasteiger partial charge in [0.25, 0.3) is 0 Å². The molecule has 0 aliphatic heterocycles. The standard InChI is InChI=1S/C9H7NO3S/c1-5-7(9(11)12)8(13-10-5)6-3-2-4-14-6/h2-4H,1H3,(H,11,12). The fraction of sp³-hybridized carbons (Fsp3) is 0.111. The van der Waals surface area contributed by atoms with E-state index in [-0.39, 0.29) is 5.56 Å². The zero-order chi connectivity index (χ0) is 10.1. The normalized spacial score (nSPS) is 10.4. The number of hydrogen-bond donors (Lipinski definition) is 1. The second kappa shape index (κ2) is 3.26. The average Bonchev–Trinajstić information content (AvgIpc) is 2.70. The predicted octanol–water partition coefficient (Wildman–Crippen LogP) is 2.41. The molecule has 2 aromatic rings. The lowest BCUT2D eigenvalue weighted by molar-refractivity contribution is 0.0696. The largest absolute Gasteiger partial charge is 0.477 e. The Kier molecular flexibility index (Phi) is 2.09. The Bertz CT molecular complexity index is 458. The van der Waals surface area contributed by atoms with Crippen molar-refractivity contribution in [3.05, 3.63) is 28.8 Å². The van der Waals surface area contributed by atoms with E-state index in [9.17, 15) is 4.79 Å². The summed E-state index contributed by atoms with van der Waals surface area (Å²) in [6, 6.07) is 3.64. The van der Waals surface area contributed by atoms with Gasteiger partial charge in [0.15, 0.2) is 5.76 Å². The Morgan fingerprint density at radius 3 is 3.00 bits per heavy atom. The molecule has 0 amide bonds. The van der Waals surface area contributed by atoms with Crippen LogP contribution in [0.15, 0.2) is 22.0 Å². The molecule has 1 N–H and O–H groups in total. The first kappa shape index (κ1) is 8.96. The minimum Gasteiger partial charge on any atom is -0.477 e. The summed E-state index contributed by atoms with van der Waals surface area (Å²) in [5.74, 6) is -0.669. The third-order valence-corrected chi connectivity index (χ3v) is 2.69. The molecule has 0 fully saturated rings. The van der Waals surface area contributed by atoms with Crippen molar-refractivity contribution in [1.29, 1.82) is 0 Å². The van der Waals surface area contributed by atoms with E-state index in [2.05, 4.69) is 5.16 Å². The lowest BCUT2D eigenvalue weighted by Gasteiger charge is -1.92. The summed E-state index contributed by atoms with van der Waals surface area (Å²) in [7, 11) is 0. The molecule has 0 spiro atoms. The zero-order valence-corrected chi connectivity index (χ0v) is 8.17. The summed E-state index contributed by atoms with van der Waals surface area (Å²) in [5, 5.41) is 14.4. The number of thiophene rings is 1. The highest BCUT2D eigenvalue weighted by atomic mass is 32.1. The number of aryl methyl sites for hydroxylation is 1. The van der Waals surface area contributed by atoms with Crippen molar-refractivity contribution in [2.24, 2.45) is 0 Å². The first-order chi connectivity index (χ1) is 6.70. The number of aromatic carboxylic acids is 1. The van der Waals surface area contributed by atoms with Gasteiger partial charge in [0, 0.05) is 0 Å². The van der Waals surface area contributed by atoms with Crippen LogP contribution >= 0.6 is 11.3 Å². The molecule has 0 radical (unpaired) electrons. The molecule has 72 valence electrons. The smallest absolute Gasteiger partial charge is 0.341 e. The molecule has 2 heterocycles. The van der Waals surface area contributed by atoms with Crippen molar-refractivity contribution in [2.75, 3.05) is 0 Å². The Morgan fingerprint density at radius 2 is 2.43 bits per heavy atom. The molecule has 2 aromatic heterocycles. The molecule has 0 saturated heterocycles. The molecule has 4 nitrogen and oxygen atoms in total. The van der Waals surface area contributed by atoms with Crippen LogP contribution in [0.4, 0.5) is 0 Å². The van der Waals surface area contributed by atoms with E-state index in [0.29, 0.717) is 11.5 Å². The number of nitrogens with zero attached hydrogens (tertiary/aromatic N) is 1. The van der Waals surface area contributed by atoms with Gasteiger partial charge in [-0.2, -0.15) is 0 Å². The summed E-state index contributed by atoms with van der Waals surface area (Å²) >= 11 is 1.42. The Hall–Kier alpha value is -1.62. The van der Waals surface area contributed by atoms with Crippen molar-refractivity contribution >= 4 is 17.3 Å². The lowest BCUT2D eigenvalue weighted by atomic mass is 10.2. The number of rotatable bonds is 2. The SMILES string of the molecule is Cc1noc(-c2cccs2)c1C(=O)O. The summed E-state index contributed by atoms with van der Waals surface area (Å²) in [6.45, 7) is 1.62. The van der Waals surface area contributed by atoms with Gasteiger partial charge < -0.3 is 9.63 Å². The second-order valence-corrected chi connectivity index (χ2v) is 3.70. The van der Waals surface area contributed by atoms with E-state index < -0.39 is 5.97 Å². The molecule has 0 aliphatic rings. The van der Waals surface area contributed by atoms with Crippen LogP contribution in [0.1, 0.15) is 16.1 Å². The van der Waals surface area contributed by atoms with Crippen molar-refractivity contribution in [3.8, 4) is 10.6 Å². The summed E-state index contributed by atoms with van der Waals surface area (Å²) in [5.41, 5.74) is 0.549. The topological polar surface area (TPSA) is 63.3 Å². The Balaban J connectivity index is 2.60. The monoisotopic (exact) mass is 209 g/mol. The number of carbonyl (C=O) groups is 1. The van der Waals surface area contributed by atoms with Crippen LogP contribution in [0.5, 0.6) is 0 Å². The molecule has 2 rings (SSSR count). The van der Waals surface area contributed by atoms with Crippen LogP contribution in [0, 0.1) is 6.92 Å². The van der Waals surface area contributed by atoms with E-state index in [1.54, 1.807) is 13.0 Å². The molecule has 5 heteroatoms. The first-order valence-electron chi connectivity index (χ1n) is 3.93. The van der Waals surface area contributed by atoms with Crippen molar-refractivity contribution in [2.45, 2.75) is 6.92 Å². The highest BCUT2D eigenvalue weighted by Crippen LogP contribution is 2.29. The van der Waals surface area contributed by atoms with Gasteiger partial charge in [-0.1, -0.05) is 11.2 Å². The molecular weight excluding hydrogens is 202 g/mol. The number of aromatic nitrogens is 1. The van der Waals surface area contributed by atoms with Crippen LogP contribution in [-0.2, 0) is 0 Å². The third kappa shape index (κ3) is 1.31. The van der Waals surface area contributed by atoms with Crippen molar-refractivity contribution in [3.63, 3.8) is 0 Å². The lowest BCUT2D eigenvalue weighted by Crippen LogP contribution is -1.98. The average molecular weight is 209 g/mol. The van der Waals surface area contributed by atoms with Crippen LogP contribution in [0.2, 0.25) is 0 Å². The number of hydrogen-bond acceptors (Lipinski definition) is 4. The summed E-state index contributed by atoms with van der Waals surface area (Å²) < 4.78 is 4.98. The quantitative estimate of drug-likeness (QED) is 0.824. The van der Waals surface area contributed by atoms with Gasteiger partial charge in [-0.05, 0) is 18.4 Å². The highest BCUT2D eigenvalue weighted by molar-refractivity contribution is 7.13. The minimum absolute atomic E-state index is 0.146. The highest BCUT2D eigenvalue weighted by Gasteiger charge is 2.21. The second-order valence-electron chi connectivity index (χ2n) is 2.75. The fourth-order valence-corrected chi connectivity index (χ4v) is 1.90. The van der Waals surface area contributed by atoms with E-state index >= 15 is 0 Å².